The molecule has 0 unspecified atom stereocenters. The Morgan fingerprint density at radius 2 is 2.36 bits per heavy atom. The molecule has 0 N–H and O–H groups in total. The van der Waals surface area contributed by atoms with E-state index in [1.54, 1.807) is 0 Å². The summed E-state index contributed by atoms with van der Waals surface area (Å²) in [5, 5.41) is 0. The highest BCUT2D eigenvalue weighted by molar-refractivity contribution is 5.80. The van der Waals surface area contributed by atoms with E-state index in [1.165, 1.54) is 0 Å². The van der Waals surface area contributed by atoms with Gasteiger partial charge in [-0.05, 0) is 13.8 Å². The largest absolute Gasteiger partial charge is 0.350 e. The van der Waals surface area contributed by atoms with Gasteiger partial charge in [0.15, 0.2) is 12.1 Å². The summed E-state index contributed by atoms with van der Waals surface area (Å²) >= 11 is 0. The average molecular weight is 158 g/mol. The van der Waals surface area contributed by atoms with Gasteiger partial charge in [-0.25, -0.2) is 0 Å². The maximum absolute atomic E-state index is 10.7. The summed E-state index contributed by atoms with van der Waals surface area (Å²) in [6, 6.07) is 0. The molecule has 64 valence electrons. The van der Waals surface area contributed by atoms with Crippen LogP contribution in [0.2, 0.25) is 0 Å². The van der Waals surface area contributed by atoms with Crippen molar-refractivity contribution in [1.82, 2.24) is 0 Å². The first-order valence-corrected chi connectivity index (χ1v) is 3.97. The van der Waals surface area contributed by atoms with Crippen molar-refractivity contribution in [2.45, 2.75) is 39.1 Å². The molecule has 0 saturated carbocycles. The van der Waals surface area contributed by atoms with Crippen molar-refractivity contribution in [3.05, 3.63) is 0 Å². The summed E-state index contributed by atoms with van der Waals surface area (Å²) < 4.78 is 10.5. The van der Waals surface area contributed by atoms with Gasteiger partial charge in [-0.15, -0.1) is 0 Å². The Bertz CT molecular complexity index is 132. The van der Waals surface area contributed by atoms with Gasteiger partial charge in [0.1, 0.15) is 6.61 Å². The Morgan fingerprint density at radius 3 is 2.82 bits per heavy atom. The molecule has 1 aliphatic heterocycles. The van der Waals surface area contributed by atoms with Crippen LogP contribution in [-0.2, 0) is 14.3 Å². The van der Waals surface area contributed by atoms with Crippen LogP contribution in [-0.4, -0.2) is 24.8 Å². The fraction of sp³-hybridized carbons (Fsp3) is 0.875. The number of ketones is 1. The molecule has 1 aliphatic rings. The van der Waals surface area contributed by atoms with Crippen LogP contribution >= 0.6 is 0 Å². The van der Waals surface area contributed by atoms with Crippen molar-refractivity contribution in [1.29, 1.82) is 0 Å². The summed E-state index contributed by atoms with van der Waals surface area (Å²) in [6.07, 6.45) is 1.31. The Morgan fingerprint density at radius 1 is 1.64 bits per heavy atom. The highest BCUT2D eigenvalue weighted by Crippen LogP contribution is 2.12. The van der Waals surface area contributed by atoms with Gasteiger partial charge in [-0.3, -0.25) is 4.79 Å². The first-order chi connectivity index (χ1) is 5.18. The van der Waals surface area contributed by atoms with Gasteiger partial charge in [-0.2, -0.15) is 0 Å². The van der Waals surface area contributed by atoms with Crippen LogP contribution in [0.5, 0.6) is 0 Å². The molecule has 11 heavy (non-hydrogen) atoms. The maximum Gasteiger partial charge on any atom is 0.158 e. The van der Waals surface area contributed by atoms with Crippen LogP contribution in [0.3, 0.4) is 0 Å². The summed E-state index contributed by atoms with van der Waals surface area (Å²) in [6.45, 7) is 4.14. The van der Waals surface area contributed by atoms with E-state index < -0.39 is 0 Å². The van der Waals surface area contributed by atoms with E-state index in [-0.39, 0.29) is 24.8 Å². The van der Waals surface area contributed by atoms with E-state index in [0.717, 1.165) is 0 Å². The van der Waals surface area contributed by atoms with Crippen LogP contribution in [0.25, 0.3) is 0 Å². The molecular weight excluding hydrogens is 144 g/mol. The molecule has 3 heteroatoms. The summed E-state index contributed by atoms with van der Waals surface area (Å²) in [4.78, 5) is 10.7. The van der Waals surface area contributed by atoms with Gasteiger partial charge in [0, 0.05) is 12.8 Å². The predicted molar refractivity (Wildman–Crippen MR) is 40.2 cm³/mol. The Balaban J connectivity index is 2.22. The van der Waals surface area contributed by atoms with E-state index in [2.05, 4.69) is 0 Å². The molecule has 1 fully saturated rings. The number of rotatable bonds is 2. The number of carbonyl (C=O) groups is 1. The topological polar surface area (TPSA) is 35.5 Å². The highest BCUT2D eigenvalue weighted by atomic mass is 16.7. The normalized spacial score (nSPS) is 26.1. The molecule has 0 spiro atoms. The third-order valence-corrected chi connectivity index (χ3v) is 1.51. The van der Waals surface area contributed by atoms with Gasteiger partial charge >= 0.3 is 0 Å². The molecular formula is C8H14O3. The molecule has 0 bridgehead atoms. The minimum absolute atomic E-state index is 0.160. The van der Waals surface area contributed by atoms with Crippen molar-refractivity contribution in [2.75, 3.05) is 6.61 Å². The SMILES string of the molecule is CC(C)O[C@H]1CCC(=O)CO1. The van der Waals surface area contributed by atoms with Crippen molar-refractivity contribution in [2.24, 2.45) is 0 Å². The Kier molecular flexibility index (Phi) is 3.02. The molecule has 3 nitrogen and oxygen atoms in total. The first-order valence-electron chi connectivity index (χ1n) is 3.97. The fourth-order valence-electron chi connectivity index (χ4n) is 1.03. The van der Waals surface area contributed by atoms with Gasteiger partial charge in [0.2, 0.25) is 0 Å². The molecule has 0 aromatic rings. The third-order valence-electron chi connectivity index (χ3n) is 1.51. The minimum atomic E-state index is -0.160. The van der Waals surface area contributed by atoms with Crippen LogP contribution in [0, 0.1) is 0 Å². The summed E-state index contributed by atoms with van der Waals surface area (Å²) in [7, 11) is 0. The molecule has 0 amide bonds. The van der Waals surface area contributed by atoms with Gasteiger partial charge in [0.05, 0.1) is 6.10 Å². The van der Waals surface area contributed by atoms with E-state index in [9.17, 15) is 4.79 Å². The Labute approximate surface area is 66.7 Å². The van der Waals surface area contributed by atoms with Crippen LogP contribution in [0.4, 0.5) is 0 Å². The molecule has 1 atom stereocenters. The molecule has 0 aliphatic carbocycles. The number of hydrogen-bond acceptors (Lipinski definition) is 3. The number of ether oxygens (including phenoxy) is 2. The zero-order valence-corrected chi connectivity index (χ0v) is 7.00. The smallest absolute Gasteiger partial charge is 0.158 e. The summed E-state index contributed by atoms with van der Waals surface area (Å²) in [5.74, 6) is 0.175. The lowest BCUT2D eigenvalue weighted by atomic mass is 10.2. The summed E-state index contributed by atoms with van der Waals surface area (Å²) in [5.41, 5.74) is 0. The Hall–Kier alpha value is -0.410. The van der Waals surface area contributed by atoms with Crippen LogP contribution < -0.4 is 0 Å². The van der Waals surface area contributed by atoms with E-state index >= 15 is 0 Å². The van der Waals surface area contributed by atoms with E-state index in [1.807, 2.05) is 13.8 Å². The molecule has 0 aromatic carbocycles. The van der Waals surface area contributed by atoms with Crippen LogP contribution in [0.1, 0.15) is 26.7 Å². The highest BCUT2D eigenvalue weighted by Gasteiger charge is 2.19. The number of Topliss-reactive ketones (excluding diaryl/α,β-unsaturated/α-hetero) is 1. The van der Waals surface area contributed by atoms with E-state index in [4.69, 9.17) is 9.47 Å². The molecule has 0 aromatic heterocycles. The lowest BCUT2D eigenvalue weighted by Gasteiger charge is -2.23. The van der Waals surface area contributed by atoms with Crippen molar-refractivity contribution in [3.63, 3.8) is 0 Å². The van der Waals surface area contributed by atoms with E-state index in [0.29, 0.717) is 12.8 Å². The van der Waals surface area contributed by atoms with Crippen molar-refractivity contribution >= 4 is 5.78 Å². The number of hydrogen-bond donors (Lipinski definition) is 0. The van der Waals surface area contributed by atoms with Gasteiger partial charge in [-0.1, -0.05) is 0 Å². The predicted octanol–water partition coefficient (Wildman–Crippen LogP) is 1.12. The van der Waals surface area contributed by atoms with Crippen molar-refractivity contribution in [3.8, 4) is 0 Å². The standard InChI is InChI=1S/C8H14O3/c1-6(2)11-8-4-3-7(9)5-10-8/h6,8H,3-5H2,1-2H3/t8-/m0/s1. The van der Waals surface area contributed by atoms with Gasteiger partial charge in [0.25, 0.3) is 0 Å². The molecule has 1 saturated heterocycles. The zero-order valence-electron chi connectivity index (χ0n) is 7.00. The second kappa shape index (κ2) is 3.83. The lowest BCUT2D eigenvalue weighted by molar-refractivity contribution is -0.185. The fourth-order valence-corrected chi connectivity index (χ4v) is 1.03. The lowest BCUT2D eigenvalue weighted by Crippen LogP contribution is -2.29. The second-order valence-electron chi connectivity index (χ2n) is 3.00. The zero-order chi connectivity index (χ0) is 8.27. The average Bonchev–Trinajstić information content (AvgIpc) is 1.93. The minimum Gasteiger partial charge on any atom is -0.350 e. The molecule has 1 rings (SSSR count). The quantitative estimate of drug-likeness (QED) is 0.604. The van der Waals surface area contributed by atoms with Crippen LogP contribution in [0.15, 0.2) is 0 Å². The van der Waals surface area contributed by atoms with Gasteiger partial charge < -0.3 is 9.47 Å². The first kappa shape index (κ1) is 8.68. The second-order valence-corrected chi connectivity index (χ2v) is 3.00. The third kappa shape index (κ3) is 2.99. The molecule has 0 radical (unpaired) electrons. The monoisotopic (exact) mass is 158 g/mol. The molecule has 1 heterocycles. The van der Waals surface area contributed by atoms with Crippen molar-refractivity contribution < 1.29 is 14.3 Å². The maximum atomic E-state index is 10.7. The number of carbonyl (C=O) groups excluding carboxylic acids is 1.